The fraction of sp³-hybridized carbons (Fsp3) is 0.647. The molecule has 0 aliphatic rings. The van der Waals surface area contributed by atoms with E-state index in [1.165, 1.54) is 10.0 Å². The number of hydrogen-bond acceptors (Lipinski definition) is 3. The van der Waals surface area contributed by atoms with Gasteiger partial charge in [-0.15, -0.1) is 0 Å². The van der Waals surface area contributed by atoms with Crippen molar-refractivity contribution in [3.05, 3.63) is 34.3 Å². The predicted octanol–water partition coefficient (Wildman–Crippen LogP) is 3.97. The van der Waals surface area contributed by atoms with Crippen LogP contribution in [0.2, 0.25) is 0 Å². The SMILES string of the molecule is COCCOCCCC(CNC(C)C)c1ccccc1Br. The monoisotopic (exact) mass is 357 g/mol. The summed E-state index contributed by atoms with van der Waals surface area (Å²) in [6.45, 7) is 7.52. The topological polar surface area (TPSA) is 30.5 Å². The molecule has 0 fully saturated rings. The largest absolute Gasteiger partial charge is 0.382 e. The number of ether oxygens (including phenoxy) is 2. The van der Waals surface area contributed by atoms with Gasteiger partial charge in [-0.3, -0.25) is 0 Å². The van der Waals surface area contributed by atoms with E-state index in [1.807, 2.05) is 0 Å². The molecule has 0 amide bonds. The number of methoxy groups -OCH3 is 1. The summed E-state index contributed by atoms with van der Waals surface area (Å²) in [5.41, 5.74) is 1.38. The van der Waals surface area contributed by atoms with E-state index in [-0.39, 0.29) is 0 Å². The summed E-state index contributed by atoms with van der Waals surface area (Å²) < 4.78 is 11.7. The Labute approximate surface area is 137 Å². The van der Waals surface area contributed by atoms with E-state index >= 15 is 0 Å². The third-order valence-corrected chi connectivity index (χ3v) is 4.11. The highest BCUT2D eigenvalue weighted by molar-refractivity contribution is 9.10. The van der Waals surface area contributed by atoms with Crippen molar-refractivity contribution in [1.29, 1.82) is 0 Å². The molecule has 4 heteroatoms. The average molecular weight is 358 g/mol. The second-order valence-electron chi connectivity index (χ2n) is 5.53. The lowest BCUT2D eigenvalue weighted by Crippen LogP contribution is -2.28. The quantitative estimate of drug-likeness (QED) is 0.607. The Morgan fingerprint density at radius 3 is 2.57 bits per heavy atom. The van der Waals surface area contributed by atoms with Crippen LogP contribution in [0, 0.1) is 0 Å². The fourth-order valence-electron chi connectivity index (χ4n) is 2.23. The summed E-state index contributed by atoms with van der Waals surface area (Å²) in [4.78, 5) is 0. The molecule has 0 aliphatic carbocycles. The van der Waals surface area contributed by atoms with Crippen molar-refractivity contribution in [3.8, 4) is 0 Å². The molecule has 0 radical (unpaired) electrons. The Morgan fingerprint density at radius 2 is 1.90 bits per heavy atom. The van der Waals surface area contributed by atoms with Gasteiger partial charge in [-0.05, 0) is 30.4 Å². The van der Waals surface area contributed by atoms with Gasteiger partial charge in [-0.25, -0.2) is 0 Å². The van der Waals surface area contributed by atoms with Gasteiger partial charge in [-0.1, -0.05) is 48.0 Å². The molecule has 0 heterocycles. The number of halogens is 1. The van der Waals surface area contributed by atoms with Crippen molar-refractivity contribution >= 4 is 15.9 Å². The molecule has 0 saturated heterocycles. The van der Waals surface area contributed by atoms with E-state index in [9.17, 15) is 0 Å². The molecule has 0 saturated carbocycles. The fourth-order valence-corrected chi connectivity index (χ4v) is 2.84. The van der Waals surface area contributed by atoms with Crippen LogP contribution < -0.4 is 5.32 Å². The molecule has 0 spiro atoms. The molecule has 120 valence electrons. The molecule has 1 rings (SSSR count). The van der Waals surface area contributed by atoms with Gasteiger partial charge in [0.2, 0.25) is 0 Å². The minimum absolute atomic E-state index is 0.507. The van der Waals surface area contributed by atoms with E-state index < -0.39 is 0 Å². The first-order valence-electron chi connectivity index (χ1n) is 7.69. The molecule has 1 aromatic carbocycles. The maximum atomic E-state index is 5.56. The van der Waals surface area contributed by atoms with Crippen molar-refractivity contribution in [2.45, 2.75) is 38.6 Å². The van der Waals surface area contributed by atoms with Gasteiger partial charge in [0, 0.05) is 30.8 Å². The van der Waals surface area contributed by atoms with E-state index in [0.717, 1.165) is 26.0 Å². The Bertz CT molecular complexity index is 385. The van der Waals surface area contributed by atoms with Gasteiger partial charge in [-0.2, -0.15) is 0 Å². The van der Waals surface area contributed by atoms with Crippen molar-refractivity contribution in [1.82, 2.24) is 5.32 Å². The zero-order valence-corrected chi connectivity index (χ0v) is 15.0. The normalized spacial score (nSPS) is 12.8. The third kappa shape index (κ3) is 7.96. The predicted molar refractivity (Wildman–Crippen MR) is 92.0 cm³/mol. The minimum atomic E-state index is 0.507. The highest BCUT2D eigenvalue weighted by atomic mass is 79.9. The molecule has 1 unspecified atom stereocenters. The lowest BCUT2D eigenvalue weighted by Gasteiger charge is -2.21. The van der Waals surface area contributed by atoms with Crippen molar-refractivity contribution in [2.24, 2.45) is 0 Å². The van der Waals surface area contributed by atoms with Crippen LogP contribution in [0.15, 0.2) is 28.7 Å². The van der Waals surface area contributed by atoms with Crippen LogP contribution in [0.25, 0.3) is 0 Å². The highest BCUT2D eigenvalue weighted by Gasteiger charge is 2.14. The molecule has 0 bridgehead atoms. The second kappa shape index (κ2) is 11.2. The molecule has 0 aromatic heterocycles. The Balaban J connectivity index is 2.47. The molecule has 1 aromatic rings. The molecule has 3 nitrogen and oxygen atoms in total. The van der Waals surface area contributed by atoms with Crippen LogP contribution in [0.3, 0.4) is 0 Å². The van der Waals surface area contributed by atoms with Crippen molar-refractivity contribution < 1.29 is 9.47 Å². The van der Waals surface area contributed by atoms with E-state index in [2.05, 4.69) is 59.4 Å². The van der Waals surface area contributed by atoms with E-state index in [1.54, 1.807) is 7.11 Å². The van der Waals surface area contributed by atoms with Crippen LogP contribution in [0.5, 0.6) is 0 Å². The van der Waals surface area contributed by atoms with Gasteiger partial charge in [0.1, 0.15) is 0 Å². The minimum Gasteiger partial charge on any atom is -0.382 e. The first-order valence-corrected chi connectivity index (χ1v) is 8.49. The van der Waals surface area contributed by atoms with Crippen LogP contribution in [0.4, 0.5) is 0 Å². The Morgan fingerprint density at radius 1 is 1.14 bits per heavy atom. The van der Waals surface area contributed by atoms with Gasteiger partial charge in [0.05, 0.1) is 13.2 Å². The smallest absolute Gasteiger partial charge is 0.0700 e. The molecular formula is C17H28BrNO2. The Kier molecular flexibility index (Phi) is 9.92. The molecule has 1 N–H and O–H groups in total. The Hall–Kier alpha value is -0.420. The van der Waals surface area contributed by atoms with Crippen LogP contribution in [0.1, 0.15) is 38.2 Å². The zero-order chi connectivity index (χ0) is 15.5. The molecule has 1 atom stereocenters. The summed E-state index contributed by atoms with van der Waals surface area (Å²) >= 11 is 3.67. The summed E-state index contributed by atoms with van der Waals surface area (Å²) in [5, 5.41) is 3.55. The summed E-state index contributed by atoms with van der Waals surface area (Å²) in [6, 6.07) is 9.01. The van der Waals surface area contributed by atoms with Crippen LogP contribution >= 0.6 is 15.9 Å². The van der Waals surface area contributed by atoms with Crippen LogP contribution in [-0.2, 0) is 9.47 Å². The number of rotatable bonds is 11. The van der Waals surface area contributed by atoms with E-state index in [4.69, 9.17) is 9.47 Å². The molecule has 0 aliphatic heterocycles. The van der Waals surface area contributed by atoms with Gasteiger partial charge < -0.3 is 14.8 Å². The van der Waals surface area contributed by atoms with Gasteiger partial charge in [0.15, 0.2) is 0 Å². The first kappa shape index (κ1) is 18.6. The highest BCUT2D eigenvalue weighted by Crippen LogP contribution is 2.28. The summed E-state index contributed by atoms with van der Waals surface area (Å²) in [6.07, 6.45) is 2.19. The van der Waals surface area contributed by atoms with Gasteiger partial charge in [0.25, 0.3) is 0 Å². The number of benzene rings is 1. The van der Waals surface area contributed by atoms with Crippen molar-refractivity contribution in [3.63, 3.8) is 0 Å². The number of nitrogens with one attached hydrogen (secondary N) is 1. The average Bonchev–Trinajstić information content (AvgIpc) is 2.46. The third-order valence-electron chi connectivity index (χ3n) is 3.39. The maximum Gasteiger partial charge on any atom is 0.0700 e. The first-order chi connectivity index (χ1) is 10.1. The maximum absolute atomic E-state index is 5.56. The lowest BCUT2D eigenvalue weighted by atomic mass is 9.94. The number of hydrogen-bond donors (Lipinski definition) is 1. The van der Waals surface area contributed by atoms with Gasteiger partial charge >= 0.3 is 0 Å². The summed E-state index contributed by atoms with van der Waals surface area (Å²) in [7, 11) is 1.70. The van der Waals surface area contributed by atoms with Crippen LogP contribution in [-0.4, -0.2) is 39.5 Å². The van der Waals surface area contributed by atoms with E-state index in [0.29, 0.717) is 25.2 Å². The lowest BCUT2D eigenvalue weighted by molar-refractivity contribution is 0.0681. The molecular weight excluding hydrogens is 330 g/mol. The second-order valence-corrected chi connectivity index (χ2v) is 6.38. The summed E-state index contributed by atoms with van der Waals surface area (Å²) in [5.74, 6) is 0.508. The molecule has 21 heavy (non-hydrogen) atoms. The van der Waals surface area contributed by atoms with Crippen molar-refractivity contribution in [2.75, 3.05) is 33.5 Å². The zero-order valence-electron chi connectivity index (χ0n) is 13.4. The standard InChI is InChI=1S/C17H28BrNO2/c1-14(2)19-13-15(7-6-10-21-12-11-20-3)16-8-4-5-9-17(16)18/h4-5,8-9,14-15,19H,6-7,10-13H2,1-3H3.